The molecule has 0 saturated carbocycles. The monoisotopic (exact) mass is 290 g/mol. The summed E-state index contributed by atoms with van der Waals surface area (Å²) in [6, 6.07) is 6.91. The van der Waals surface area contributed by atoms with Gasteiger partial charge in [-0.05, 0) is 32.3 Å². The second kappa shape index (κ2) is 5.85. The third kappa shape index (κ3) is 3.24. The van der Waals surface area contributed by atoms with Gasteiger partial charge in [0.15, 0.2) is 0 Å². The molecule has 0 radical (unpaired) electrons. The van der Waals surface area contributed by atoms with Gasteiger partial charge in [0.05, 0.1) is 5.41 Å². The Morgan fingerprint density at radius 3 is 2.24 bits per heavy atom. The van der Waals surface area contributed by atoms with Crippen LogP contribution >= 0.6 is 0 Å². The number of benzene rings is 1. The van der Waals surface area contributed by atoms with Gasteiger partial charge >= 0.3 is 5.97 Å². The van der Waals surface area contributed by atoms with Crippen molar-refractivity contribution in [2.24, 2.45) is 11.1 Å². The summed E-state index contributed by atoms with van der Waals surface area (Å²) < 4.78 is 0. The lowest BCUT2D eigenvalue weighted by molar-refractivity contribution is -0.153. The Hall–Kier alpha value is -1.88. The van der Waals surface area contributed by atoms with Gasteiger partial charge in [0.1, 0.15) is 6.04 Å². The molecule has 0 spiro atoms. The van der Waals surface area contributed by atoms with Gasteiger partial charge in [-0.3, -0.25) is 9.59 Å². The molecule has 1 unspecified atom stereocenters. The SMILES string of the molecule is Cc1ccc(C(N)C(=O)N2CCC(C)(C(=O)O)CC2)cc1. The minimum atomic E-state index is -0.794. The van der Waals surface area contributed by atoms with E-state index in [2.05, 4.69) is 0 Å². The molecule has 1 aliphatic heterocycles. The van der Waals surface area contributed by atoms with E-state index in [1.54, 1.807) is 11.8 Å². The van der Waals surface area contributed by atoms with Crippen LogP contribution in [0.1, 0.15) is 36.9 Å². The lowest BCUT2D eigenvalue weighted by atomic mass is 9.80. The third-order valence-corrected chi connectivity index (χ3v) is 4.40. The van der Waals surface area contributed by atoms with Crippen LogP contribution in [-0.2, 0) is 9.59 Å². The Kier molecular flexibility index (Phi) is 4.32. The zero-order valence-electron chi connectivity index (χ0n) is 12.5. The van der Waals surface area contributed by atoms with Crippen molar-refractivity contribution < 1.29 is 14.7 Å². The van der Waals surface area contributed by atoms with Gasteiger partial charge in [0.25, 0.3) is 0 Å². The van der Waals surface area contributed by atoms with Crippen molar-refractivity contribution in [2.45, 2.75) is 32.7 Å². The summed E-state index contributed by atoms with van der Waals surface area (Å²) in [5.74, 6) is -0.927. The van der Waals surface area contributed by atoms with Crippen LogP contribution in [-0.4, -0.2) is 35.0 Å². The molecule has 5 nitrogen and oxygen atoms in total. The minimum absolute atomic E-state index is 0.133. The number of nitrogens with two attached hydrogens (primary N) is 1. The Labute approximate surface area is 124 Å². The van der Waals surface area contributed by atoms with Crippen molar-refractivity contribution in [2.75, 3.05) is 13.1 Å². The molecule has 1 aliphatic rings. The van der Waals surface area contributed by atoms with Gasteiger partial charge in [-0.25, -0.2) is 0 Å². The van der Waals surface area contributed by atoms with Crippen molar-refractivity contribution in [3.63, 3.8) is 0 Å². The van der Waals surface area contributed by atoms with Crippen LogP contribution in [0.4, 0.5) is 0 Å². The summed E-state index contributed by atoms with van der Waals surface area (Å²) in [6.07, 6.45) is 0.934. The highest BCUT2D eigenvalue weighted by molar-refractivity contribution is 5.83. The molecule has 114 valence electrons. The van der Waals surface area contributed by atoms with Crippen LogP contribution < -0.4 is 5.73 Å². The molecule has 1 atom stereocenters. The Morgan fingerprint density at radius 2 is 1.76 bits per heavy atom. The van der Waals surface area contributed by atoms with E-state index in [1.807, 2.05) is 31.2 Å². The van der Waals surface area contributed by atoms with E-state index in [9.17, 15) is 14.7 Å². The highest BCUT2D eigenvalue weighted by Gasteiger charge is 2.38. The van der Waals surface area contributed by atoms with Crippen molar-refractivity contribution in [3.05, 3.63) is 35.4 Å². The number of hydrogen-bond donors (Lipinski definition) is 2. The number of hydrogen-bond acceptors (Lipinski definition) is 3. The predicted octanol–water partition coefficient (Wildman–Crippen LogP) is 1.71. The van der Waals surface area contributed by atoms with E-state index in [0.717, 1.165) is 11.1 Å². The first kappa shape index (κ1) is 15.5. The average Bonchev–Trinajstić information content (AvgIpc) is 2.47. The summed E-state index contributed by atoms with van der Waals surface area (Å²) in [5.41, 5.74) is 7.22. The van der Waals surface area contributed by atoms with E-state index >= 15 is 0 Å². The number of carboxylic acids is 1. The second-order valence-electron chi connectivity index (χ2n) is 6.08. The molecule has 0 bridgehead atoms. The number of carbonyl (C=O) groups is 2. The van der Waals surface area contributed by atoms with E-state index in [1.165, 1.54) is 0 Å². The van der Waals surface area contributed by atoms with Gasteiger partial charge in [0, 0.05) is 13.1 Å². The lowest BCUT2D eigenvalue weighted by Crippen LogP contribution is -2.47. The maximum atomic E-state index is 12.4. The smallest absolute Gasteiger partial charge is 0.309 e. The molecular weight excluding hydrogens is 268 g/mol. The number of piperidine rings is 1. The molecule has 0 aromatic heterocycles. The summed E-state index contributed by atoms with van der Waals surface area (Å²) in [7, 11) is 0. The Morgan fingerprint density at radius 1 is 1.24 bits per heavy atom. The first-order valence-corrected chi connectivity index (χ1v) is 7.18. The first-order chi connectivity index (χ1) is 9.83. The molecular formula is C16H22N2O3. The van der Waals surface area contributed by atoms with Gasteiger partial charge in [-0.1, -0.05) is 29.8 Å². The van der Waals surface area contributed by atoms with E-state index in [-0.39, 0.29) is 5.91 Å². The van der Waals surface area contributed by atoms with E-state index in [0.29, 0.717) is 25.9 Å². The first-order valence-electron chi connectivity index (χ1n) is 7.18. The number of carbonyl (C=O) groups excluding carboxylic acids is 1. The molecule has 2 rings (SSSR count). The summed E-state index contributed by atoms with van der Waals surface area (Å²) in [5, 5.41) is 9.21. The van der Waals surface area contributed by atoms with Crippen LogP contribution in [0.3, 0.4) is 0 Å². The van der Waals surface area contributed by atoms with Crippen LogP contribution in [0.25, 0.3) is 0 Å². The normalized spacial score (nSPS) is 19.1. The molecule has 1 amide bonds. The molecule has 1 aromatic carbocycles. The number of rotatable bonds is 3. The minimum Gasteiger partial charge on any atom is -0.481 e. The maximum Gasteiger partial charge on any atom is 0.309 e. The molecule has 5 heteroatoms. The molecule has 1 saturated heterocycles. The summed E-state index contributed by atoms with van der Waals surface area (Å²) >= 11 is 0. The van der Waals surface area contributed by atoms with Crippen LogP contribution in [0.15, 0.2) is 24.3 Å². The Bertz CT molecular complexity index is 531. The fourth-order valence-electron chi connectivity index (χ4n) is 2.55. The van der Waals surface area contributed by atoms with Gasteiger partial charge in [-0.15, -0.1) is 0 Å². The molecule has 21 heavy (non-hydrogen) atoms. The van der Waals surface area contributed by atoms with Gasteiger partial charge in [0.2, 0.25) is 5.91 Å². The highest BCUT2D eigenvalue weighted by atomic mass is 16.4. The summed E-state index contributed by atoms with van der Waals surface area (Å²) in [6.45, 7) is 4.61. The zero-order valence-corrected chi connectivity index (χ0v) is 12.5. The van der Waals surface area contributed by atoms with Crippen molar-refractivity contribution in [3.8, 4) is 0 Å². The average molecular weight is 290 g/mol. The van der Waals surface area contributed by atoms with Gasteiger partial charge < -0.3 is 15.7 Å². The van der Waals surface area contributed by atoms with Crippen molar-refractivity contribution in [1.82, 2.24) is 4.90 Å². The highest BCUT2D eigenvalue weighted by Crippen LogP contribution is 2.31. The van der Waals surface area contributed by atoms with Crippen molar-refractivity contribution in [1.29, 1.82) is 0 Å². The number of aryl methyl sites for hydroxylation is 1. The fraction of sp³-hybridized carbons (Fsp3) is 0.500. The quantitative estimate of drug-likeness (QED) is 0.887. The zero-order chi connectivity index (χ0) is 15.6. The molecule has 1 fully saturated rings. The molecule has 1 heterocycles. The maximum absolute atomic E-state index is 12.4. The number of amides is 1. The fourth-order valence-corrected chi connectivity index (χ4v) is 2.55. The van der Waals surface area contributed by atoms with Crippen LogP contribution in [0, 0.1) is 12.3 Å². The topological polar surface area (TPSA) is 83.6 Å². The predicted molar refractivity (Wildman–Crippen MR) is 79.7 cm³/mol. The van der Waals surface area contributed by atoms with Crippen LogP contribution in [0.5, 0.6) is 0 Å². The van der Waals surface area contributed by atoms with Crippen LogP contribution in [0.2, 0.25) is 0 Å². The molecule has 3 N–H and O–H groups in total. The number of aliphatic carboxylic acids is 1. The number of nitrogens with zero attached hydrogens (tertiary/aromatic N) is 1. The van der Waals surface area contributed by atoms with Gasteiger partial charge in [-0.2, -0.15) is 0 Å². The molecule has 1 aromatic rings. The van der Waals surface area contributed by atoms with E-state index in [4.69, 9.17) is 5.73 Å². The Balaban J connectivity index is 2.01. The third-order valence-electron chi connectivity index (χ3n) is 4.40. The largest absolute Gasteiger partial charge is 0.481 e. The van der Waals surface area contributed by atoms with E-state index < -0.39 is 17.4 Å². The lowest BCUT2D eigenvalue weighted by Gasteiger charge is -2.37. The number of carboxylic acid groups (broad SMARTS) is 1. The summed E-state index contributed by atoms with van der Waals surface area (Å²) in [4.78, 5) is 25.3. The molecule has 0 aliphatic carbocycles. The second-order valence-corrected chi connectivity index (χ2v) is 6.08. The number of likely N-dealkylation sites (tertiary alicyclic amines) is 1. The standard InChI is InChI=1S/C16H22N2O3/c1-11-3-5-12(6-4-11)13(17)14(19)18-9-7-16(2,8-10-18)15(20)21/h3-6,13H,7-10,17H2,1-2H3,(H,20,21). The van der Waals surface area contributed by atoms with Crippen molar-refractivity contribution >= 4 is 11.9 Å².